The number of hydrogen-bond donors (Lipinski definition) is 0. The Balaban J connectivity index is 2.13. The van der Waals surface area contributed by atoms with Gasteiger partial charge < -0.3 is 9.64 Å². The van der Waals surface area contributed by atoms with Gasteiger partial charge in [-0.2, -0.15) is 5.26 Å². The number of carbonyl (C=O) groups excluding carboxylic acids is 2. The van der Waals surface area contributed by atoms with E-state index in [0.717, 1.165) is 0 Å². The van der Waals surface area contributed by atoms with E-state index in [0.29, 0.717) is 17.8 Å². The van der Waals surface area contributed by atoms with E-state index in [-0.39, 0.29) is 18.3 Å². The second kappa shape index (κ2) is 5.57. The van der Waals surface area contributed by atoms with Crippen molar-refractivity contribution < 1.29 is 14.3 Å². The molecule has 1 atom stereocenters. The lowest BCUT2D eigenvalue weighted by atomic mass is 10.1. The molecule has 0 radical (unpaired) electrons. The number of ether oxygens (including phenoxy) is 1. The Kier molecular flexibility index (Phi) is 3.99. The van der Waals surface area contributed by atoms with Crippen molar-refractivity contribution in [1.29, 1.82) is 5.26 Å². The van der Waals surface area contributed by atoms with Gasteiger partial charge in [-0.25, -0.2) is 0 Å². The molecule has 0 saturated carbocycles. The molecule has 1 saturated heterocycles. The maximum Gasteiger partial charge on any atom is 0.311 e. The highest BCUT2D eigenvalue weighted by Crippen LogP contribution is 2.27. The Bertz CT molecular complexity index is 611. The van der Waals surface area contributed by atoms with Gasteiger partial charge in [0.25, 0.3) is 0 Å². The summed E-state index contributed by atoms with van der Waals surface area (Å²) >= 11 is 0. The van der Waals surface area contributed by atoms with Crippen LogP contribution in [0.2, 0.25) is 0 Å². The van der Waals surface area contributed by atoms with Gasteiger partial charge in [0, 0.05) is 18.7 Å². The van der Waals surface area contributed by atoms with Crippen molar-refractivity contribution in [2.45, 2.75) is 32.8 Å². The summed E-state index contributed by atoms with van der Waals surface area (Å²) in [4.78, 5) is 25.7. The first kappa shape index (κ1) is 15.0. The molecule has 1 unspecified atom stereocenters. The molecule has 1 aromatic rings. The van der Waals surface area contributed by atoms with Gasteiger partial charge in [0.05, 0.1) is 17.6 Å². The lowest BCUT2D eigenvalue weighted by molar-refractivity contribution is -0.159. The van der Waals surface area contributed by atoms with Crippen LogP contribution < -0.4 is 4.90 Å². The second-order valence-electron chi connectivity index (χ2n) is 6.10. The molecule has 21 heavy (non-hydrogen) atoms. The molecule has 110 valence electrons. The third-order valence-electron chi connectivity index (χ3n) is 3.15. The summed E-state index contributed by atoms with van der Waals surface area (Å²) in [5.74, 6) is -0.932. The highest BCUT2D eigenvalue weighted by atomic mass is 16.6. The van der Waals surface area contributed by atoms with Gasteiger partial charge in [0.2, 0.25) is 5.91 Å². The summed E-state index contributed by atoms with van der Waals surface area (Å²) in [6, 6.07) is 8.85. The molecule has 0 aromatic heterocycles. The van der Waals surface area contributed by atoms with Crippen LogP contribution in [0, 0.1) is 17.2 Å². The first-order chi connectivity index (χ1) is 9.80. The maximum absolute atomic E-state index is 12.1. The summed E-state index contributed by atoms with van der Waals surface area (Å²) in [5.41, 5.74) is 0.569. The average Bonchev–Trinajstić information content (AvgIpc) is 2.79. The van der Waals surface area contributed by atoms with E-state index in [9.17, 15) is 9.59 Å². The molecular formula is C16H18N2O3. The summed E-state index contributed by atoms with van der Waals surface area (Å²) in [7, 11) is 0. The molecule has 1 aromatic carbocycles. The number of anilines is 1. The van der Waals surface area contributed by atoms with Gasteiger partial charge in [-0.3, -0.25) is 9.59 Å². The molecule has 0 N–H and O–H groups in total. The molecule has 1 aliphatic heterocycles. The minimum Gasteiger partial charge on any atom is -0.460 e. The molecule has 0 bridgehead atoms. The summed E-state index contributed by atoms with van der Waals surface area (Å²) in [5, 5.41) is 8.91. The van der Waals surface area contributed by atoms with Gasteiger partial charge in [-0.15, -0.1) is 0 Å². The number of benzene rings is 1. The van der Waals surface area contributed by atoms with Gasteiger partial charge in [-0.1, -0.05) is 6.07 Å². The van der Waals surface area contributed by atoms with E-state index in [1.54, 1.807) is 45.0 Å². The molecule has 0 spiro atoms. The highest BCUT2D eigenvalue weighted by molar-refractivity contribution is 5.99. The van der Waals surface area contributed by atoms with Crippen molar-refractivity contribution in [2.75, 3.05) is 11.4 Å². The molecule has 5 nitrogen and oxygen atoms in total. The fraction of sp³-hybridized carbons (Fsp3) is 0.438. The van der Waals surface area contributed by atoms with Crippen molar-refractivity contribution in [2.24, 2.45) is 5.92 Å². The zero-order valence-corrected chi connectivity index (χ0v) is 12.4. The van der Waals surface area contributed by atoms with Crippen molar-refractivity contribution >= 4 is 17.6 Å². The van der Waals surface area contributed by atoms with Gasteiger partial charge in [-0.05, 0) is 39.0 Å². The van der Waals surface area contributed by atoms with E-state index in [4.69, 9.17) is 10.00 Å². The van der Waals surface area contributed by atoms with Crippen molar-refractivity contribution in [3.05, 3.63) is 29.8 Å². The van der Waals surface area contributed by atoms with Crippen LogP contribution in [0.1, 0.15) is 32.8 Å². The van der Waals surface area contributed by atoms with Crippen LogP contribution in [0.5, 0.6) is 0 Å². The summed E-state index contributed by atoms with van der Waals surface area (Å²) in [6.07, 6.45) is 0.145. The first-order valence-corrected chi connectivity index (χ1v) is 6.83. The Morgan fingerprint density at radius 1 is 1.43 bits per heavy atom. The number of nitriles is 1. The number of esters is 1. The Morgan fingerprint density at radius 2 is 2.14 bits per heavy atom. The van der Waals surface area contributed by atoms with E-state index in [1.807, 2.05) is 6.07 Å². The van der Waals surface area contributed by atoms with Crippen LogP contribution in [-0.2, 0) is 14.3 Å². The predicted octanol–water partition coefficient (Wildman–Crippen LogP) is 2.25. The first-order valence-electron chi connectivity index (χ1n) is 6.83. The minimum absolute atomic E-state index is 0.124. The smallest absolute Gasteiger partial charge is 0.311 e. The third-order valence-corrected chi connectivity index (χ3v) is 3.15. The van der Waals surface area contributed by atoms with E-state index >= 15 is 0 Å². The fourth-order valence-electron chi connectivity index (χ4n) is 2.24. The molecule has 5 heteroatoms. The molecule has 1 amide bonds. The average molecular weight is 286 g/mol. The number of hydrogen-bond acceptors (Lipinski definition) is 4. The van der Waals surface area contributed by atoms with Crippen LogP contribution in [0.3, 0.4) is 0 Å². The normalized spacial score (nSPS) is 18.5. The predicted molar refractivity (Wildman–Crippen MR) is 77.5 cm³/mol. The fourth-order valence-corrected chi connectivity index (χ4v) is 2.24. The zero-order valence-electron chi connectivity index (χ0n) is 12.4. The van der Waals surface area contributed by atoms with E-state index < -0.39 is 11.5 Å². The largest absolute Gasteiger partial charge is 0.460 e. The Labute approximate surface area is 124 Å². The number of amides is 1. The maximum atomic E-state index is 12.1. The second-order valence-corrected chi connectivity index (χ2v) is 6.10. The van der Waals surface area contributed by atoms with Gasteiger partial charge >= 0.3 is 5.97 Å². The zero-order chi connectivity index (χ0) is 15.6. The van der Waals surface area contributed by atoms with Crippen molar-refractivity contribution in [3.63, 3.8) is 0 Å². The van der Waals surface area contributed by atoms with Crippen LogP contribution in [0.4, 0.5) is 5.69 Å². The van der Waals surface area contributed by atoms with Crippen LogP contribution in [0.25, 0.3) is 0 Å². The van der Waals surface area contributed by atoms with Crippen LogP contribution in [-0.4, -0.2) is 24.0 Å². The van der Waals surface area contributed by atoms with Crippen LogP contribution in [0.15, 0.2) is 24.3 Å². The Morgan fingerprint density at radius 3 is 2.76 bits per heavy atom. The SMILES string of the molecule is CC(C)(C)OC(=O)C1CC(=O)N(c2cccc(C#N)c2)C1. The molecule has 1 heterocycles. The topological polar surface area (TPSA) is 70.4 Å². The molecule has 1 aliphatic rings. The standard InChI is InChI=1S/C16H18N2O3/c1-16(2,3)21-15(20)12-8-14(19)18(10-12)13-6-4-5-11(7-13)9-17/h4-7,12H,8,10H2,1-3H3. The van der Waals surface area contributed by atoms with E-state index in [1.165, 1.54) is 4.90 Å². The molecule has 1 fully saturated rings. The molecule has 0 aliphatic carbocycles. The Hall–Kier alpha value is -2.35. The van der Waals surface area contributed by atoms with Gasteiger partial charge in [0.15, 0.2) is 0 Å². The number of nitrogens with zero attached hydrogens (tertiary/aromatic N) is 2. The monoisotopic (exact) mass is 286 g/mol. The highest BCUT2D eigenvalue weighted by Gasteiger charge is 2.37. The van der Waals surface area contributed by atoms with E-state index in [2.05, 4.69) is 0 Å². The lowest BCUT2D eigenvalue weighted by Gasteiger charge is -2.22. The van der Waals surface area contributed by atoms with Crippen LogP contribution >= 0.6 is 0 Å². The molecule has 2 rings (SSSR count). The van der Waals surface area contributed by atoms with Crippen molar-refractivity contribution in [3.8, 4) is 6.07 Å². The quantitative estimate of drug-likeness (QED) is 0.782. The molecular weight excluding hydrogens is 268 g/mol. The minimum atomic E-state index is -0.561. The van der Waals surface area contributed by atoms with Crippen molar-refractivity contribution in [1.82, 2.24) is 0 Å². The summed E-state index contributed by atoms with van der Waals surface area (Å²) in [6.45, 7) is 5.70. The number of carbonyl (C=O) groups is 2. The number of rotatable bonds is 2. The lowest BCUT2D eigenvalue weighted by Crippen LogP contribution is -2.30. The van der Waals surface area contributed by atoms with Gasteiger partial charge in [0.1, 0.15) is 5.60 Å². The third kappa shape index (κ3) is 3.60. The summed E-state index contributed by atoms with van der Waals surface area (Å²) < 4.78 is 5.33.